The average Bonchev–Trinajstić information content (AvgIpc) is 3.08. The lowest BCUT2D eigenvalue weighted by Crippen LogP contribution is -2.31. The summed E-state index contributed by atoms with van der Waals surface area (Å²) in [5.41, 5.74) is 6.90. The number of benzene rings is 3. The Morgan fingerprint density at radius 1 is 1.00 bits per heavy atom. The Labute approximate surface area is 201 Å². The molecule has 1 aliphatic rings. The smallest absolute Gasteiger partial charge is 0.303 e. The summed E-state index contributed by atoms with van der Waals surface area (Å²) in [6.07, 6.45) is 0.608. The van der Waals surface area contributed by atoms with Crippen molar-refractivity contribution in [3.8, 4) is 11.5 Å². The molecular weight excluding hydrogens is 426 g/mol. The third kappa shape index (κ3) is 4.74. The third-order valence-electron chi connectivity index (χ3n) is 7.03. The molecule has 0 saturated carbocycles. The first-order valence-electron chi connectivity index (χ1n) is 11.8. The fraction of sp³-hybridized carbons (Fsp3) is 0.345. The second kappa shape index (κ2) is 9.80. The Kier molecular flexibility index (Phi) is 6.82. The standard InChI is InChI=1S/C29H33NO4/c1-19-8-5-9-20(2)24(19)18-34-26-11-6-10-25-28(26)21(3)29(4,30-25)22-13-15-23(16-14-22)33-17-7-12-27(31)32/h5-6,8-11,13-16,21,30H,7,12,17-18H2,1-4H3,(H,31,32). The van der Waals surface area contributed by atoms with Crippen LogP contribution in [0.2, 0.25) is 0 Å². The van der Waals surface area contributed by atoms with Crippen molar-refractivity contribution in [1.29, 1.82) is 0 Å². The molecule has 0 radical (unpaired) electrons. The first kappa shape index (κ1) is 23.7. The molecule has 5 nitrogen and oxygen atoms in total. The molecule has 34 heavy (non-hydrogen) atoms. The minimum Gasteiger partial charge on any atom is -0.494 e. The van der Waals surface area contributed by atoms with Crippen LogP contribution in [0.5, 0.6) is 11.5 Å². The fourth-order valence-electron chi connectivity index (χ4n) is 4.76. The Balaban J connectivity index is 1.49. The number of carbonyl (C=O) groups is 1. The van der Waals surface area contributed by atoms with Crippen LogP contribution in [0.4, 0.5) is 5.69 Å². The molecule has 4 rings (SSSR count). The SMILES string of the molecule is Cc1cccc(C)c1COc1cccc2c1C(C)C(C)(c1ccc(OCCCC(=O)O)cc1)N2. The van der Waals surface area contributed by atoms with Gasteiger partial charge in [-0.05, 0) is 73.7 Å². The zero-order valence-electron chi connectivity index (χ0n) is 20.4. The molecule has 2 atom stereocenters. The van der Waals surface area contributed by atoms with Crippen LogP contribution in [-0.2, 0) is 16.9 Å². The van der Waals surface area contributed by atoms with Gasteiger partial charge in [-0.15, -0.1) is 0 Å². The van der Waals surface area contributed by atoms with E-state index < -0.39 is 5.97 Å². The van der Waals surface area contributed by atoms with Crippen LogP contribution >= 0.6 is 0 Å². The molecule has 5 heteroatoms. The molecule has 0 spiro atoms. The van der Waals surface area contributed by atoms with Crippen LogP contribution in [0.25, 0.3) is 0 Å². The van der Waals surface area contributed by atoms with E-state index in [0.29, 0.717) is 19.6 Å². The monoisotopic (exact) mass is 459 g/mol. The van der Waals surface area contributed by atoms with Gasteiger partial charge in [-0.3, -0.25) is 4.79 Å². The van der Waals surface area contributed by atoms with Crippen molar-refractivity contribution < 1.29 is 19.4 Å². The molecule has 0 aromatic heterocycles. The lowest BCUT2D eigenvalue weighted by atomic mass is 9.80. The number of fused-ring (bicyclic) bond motifs is 1. The van der Waals surface area contributed by atoms with E-state index in [1.807, 2.05) is 18.2 Å². The van der Waals surface area contributed by atoms with E-state index >= 15 is 0 Å². The van der Waals surface area contributed by atoms with Gasteiger partial charge in [0.2, 0.25) is 0 Å². The van der Waals surface area contributed by atoms with Gasteiger partial charge in [-0.25, -0.2) is 0 Å². The van der Waals surface area contributed by atoms with Gasteiger partial charge in [0.25, 0.3) is 0 Å². The second-order valence-electron chi connectivity index (χ2n) is 9.30. The zero-order chi connectivity index (χ0) is 24.3. The minimum absolute atomic E-state index is 0.115. The summed E-state index contributed by atoms with van der Waals surface area (Å²) >= 11 is 0. The van der Waals surface area contributed by atoms with Gasteiger partial charge in [0.15, 0.2) is 0 Å². The molecule has 0 amide bonds. The molecule has 0 saturated heterocycles. The summed E-state index contributed by atoms with van der Waals surface area (Å²) in [6.45, 7) is 9.65. The topological polar surface area (TPSA) is 67.8 Å². The molecule has 0 bridgehead atoms. The molecule has 178 valence electrons. The number of hydrogen-bond acceptors (Lipinski definition) is 4. The molecule has 3 aromatic rings. The van der Waals surface area contributed by atoms with E-state index in [0.717, 1.165) is 22.7 Å². The number of ether oxygens (including phenoxy) is 2. The Hall–Kier alpha value is -3.47. The van der Waals surface area contributed by atoms with Crippen LogP contribution in [0.15, 0.2) is 60.7 Å². The maximum atomic E-state index is 10.7. The molecule has 3 aromatic carbocycles. The van der Waals surface area contributed by atoms with Crippen molar-refractivity contribution in [2.45, 2.75) is 58.6 Å². The number of rotatable bonds is 9. The number of nitrogens with one attached hydrogen (secondary N) is 1. The average molecular weight is 460 g/mol. The largest absolute Gasteiger partial charge is 0.494 e. The summed E-state index contributed by atoms with van der Waals surface area (Å²) in [4.78, 5) is 10.7. The van der Waals surface area contributed by atoms with Gasteiger partial charge in [0, 0.05) is 23.6 Å². The molecule has 1 heterocycles. The lowest BCUT2D eigenvalue weighted by Gasteiger charge is -2.31. The third-order valence-corrected chi connectivity index (χ3v) is 7.03. The van der Waals surface area contributed by atoms with Crippen LogP contribution in [0, 0.1) is 13.8 Å². The van der Waals surface area contributed by atoms with E-state index in [9.17, 15) is 4.79 Å². The summed E-state index contributed by atoms with van der Waals surface area (Å²) in [7, 11) is 0. The van der Waals surface area contributed by atoms with Crippen molar-refractivity contribution in [1.82, 2.24) is 0 Å². The van der Waals surface area contributed by atoms with E-state index in [1.165, 1.54) is 22.3 Å². The normalized spacial score (nSPS) is 18.8. The molecule has 2 unspecified atom stereocenters. The Morgan fingerprint density at radius 3 is 2.35 bits per heavy atom. The molecule has 1 aliphatic heterocycles. The highest BCUT2D eigenvalue weighted by Crippen LogP contribution is 2.51. The van der Waals surface area contributed by atoms with Gasteiger partial charge in [-0.1, -0.05) is 43.3 Å². The maximum Gasteiger partial charge on any atom is 0.303 e. The van der Waals surface area contributed by atoms with Gasteiger partial charge in [0.1, 0.15) is 18.1 Å². The number of aliphatic carboxylic acids is 1. The number of aryl methyl sites for hydroxylation is 2. The van der Waals surface area contributed by atoms with Crippen LogP contribution < -0.4 is 14.8 Å². The predicted octanol–water partition coefficient (Wildman–Crippen LogP) is 6.57. The quantitative estimate of drug-likeness (QED) is 0.354. The fourth-order valence-corrected chi connectivity index (χ4v) is 4.76. The number of carboxylic acid groups (broad SMARTS) is 1. The van der Waals surface area contributed by atoms with Crippen LogP contribution in [0.1, 0.15) is 60.4 Å². The highest BCUT2D eigenvalue weighted by Gasteiger charge is 2.42. The Morgan fingerprint density at radius 2 is 1.68 bits per heavy atom. The van der Waals surface area contributed by atoms with Gasteiger partial charge in [-0.2, -0.15) is 0 Å². The van der Waals surface area contributed by atoms with Crippen molar-refractivity contribution in [3.05, 3.63) is 88.5 Å². The van der Waals surface area contributed by atoms with Crippen molar-refractivity contribution >= 4 is 11.7 Å². The summed E-state index contributed by atoms with van der Waals surface area (Å²) in [5.74, 6) is 1.06. The predicted molar refractivity (Wildman–Crippen MR) is 135 cm³/mol. The highest BCUT2D eigenvalue weighted by atomic mass is 16.5. The van der Waals surface area contributed by atoms with Crippen molar-refractivity contribution in [3.63, 3.8) is 0 Å². The first-order valence-corrected chi connectivity index (χ1v) is 11.8. The molecule has 0 aliphatic carbocycles. The summed E-state index contributed by atoms with van der Waals surface area (Å²) < 4.78 is 12.1. The number of carboxylic acids is 1. The number of anilines is 1. The van der Waals surface area contributed by atoms with E-state index in [4.69, 9.17) is 14.6 Å². The Bertz CT molecular complexity index is 1150. The van der Waals surface area contributed by atoms with E-state index in [1.54, 1.807) is 0 Å². The zero-order valence-corrected chi connectivity index (χ0v) is 20.4. The van der Waals surface area contributed by atoms with E-state index in [2.05, 4.69) is 75.5 Å². The van der Waals surface area contributed by atoms with E-state index in [-0.39, 0.29) is 17.9 Å². The first-order chi connectivity index (χ1) is 16.3. The van der Waals surface area contributed by atoms with Gasteiger partial charge in [0.05, 0.1) is 12.1 Å². The van der Waals surface area contributed by atoms with Crippen LogP contribution in [0.3, 0.4) is 0 Å². The van der Waals surface area contributed by atoms with Crippen molar-refractivity contribution in [2.24, 2.45) is 0 Å². The second-order valence-corrected chi connectivity index (χ2v) is 9.30. The van der Waals surface area contributed by atoms with Crippen LogP contribution in [-0.4, -0.2) is 17.7 Å². The number of hydrogen-bond donors (Lipinski definition) is 2. The van der Waals surface area contributed by atoms with Gasteiger partial charge < -0.3 is 19.9 Å². The summed E-state index contributed by atoms with van der Waals surface area (Å²) in [6, 6.07) is 20.6. The molecule has 0 fully saturated rings. The lowest BCUT2D eigenvalue weighted by molar-refractivity contribution is -0.137. The van der Waals surface area contributed by atoms with Gasteiger partial charge >= 0.3 is 5.97 Å². The highest BCUT2D eigenvalue weighted by molar-refractivity contribution is 5.68. The maximum absolute atomic E-state index is 10.7. The summed E-state index contributed by atoms with van der Waals surface area (Å²) in [5, 5.41) is 12.5. The minimum atomic E-state index is -0.801. The van der Waals surface area contributed by atoms with Crippen molar-refractivity contribution in [2.75, 3.05) is 11.9 Å². The molecular formula is C29H33NO4. The molecule has 2 N–H and O–H groups in total.